The van der Waals surface area contributed by atoms with Crippen LogP contribution in [-0.4, -0.2) is 11.7 Å². The van der Waals surface area contributed by atoms with E-state index in [0.29, 0.717) is 18.1 Å². The predicted octanol–water partition coefficient (Wildman–Crippen LogP) is 2.01. The lowest BCUT2D eigenvalue weighted by Crippen LogP contribution is -2.09. The summed E-state index contributed by atoms with van der Waals surface area (Å²) in [6, 6.07) is 3.49. The Kier molecular flexibility index (Phi) is 2.36. The molecular weight excluding hydrogens is 168 g/mol. The lowest BCUT2D eigenvalue weighted by atomic mass is 10.1. The zero-order valence-electron chi connectivity index (χ0n) is 7.27. The average molecular weight is 180 g/mol. The molecule has 0 aromatic carbocycles. The van der Waals surface area contributed by atoms with Crippen LogP contribution in [-0.2, 0) is 4.74 Å². The maximum Gasteiger partial charge on any atom is 0.168 e. The van der Waals surface area contributed by atoms with Gasteiger partial charge >= 0.3 is 0 Å². The summed E-state index contributed by atoms with van der Waals surface area (Å²) in [6.45, 7) is 0.684. The number of aliphatic hydroxyl groups is 1. The van der Waals surface area contributed by atoms with E-state index in [9.17, 15) is 5.11 Å². The molecule has 1 atom stereocenters. The molecule has 0 saturated carbocycles. The van der Waals surface area contributed by atoms with Crippen LogP contribution in [0.4, 0.5) is 0 Å². The van der Waals surface area contributed by atoms with E-state index in [0.717, 1.165) is 12.8 Å². The summed E-state index contributed by atoms with van der Waals surface area (Å²) < 4.78 is 10.4. The van der Waals surface area contributed by atoms with E-state index >= 15 is 0 Å². The molecule has 1 unspecified atom stereocenters. The second-order valence-electron chi connectivity index (χ2n) is 3.02. The van der Waals surface area contributed by atoms with Crippen LogP contribution in [0, 0.1) is 0 Å². The monoisotopic (exact) mass is 180 g/mol. The molecule has 1 aliphatic rings. The molecule has 0 aliphatic carbocycles. The van der Waals surface area contributed by atoms with Crippen LogP contribution in [0.5, 0.6) is 0 Å². The molecule has 1 aromatic rings. The maximum atomic E-state index is 9.75. The fourth-order valence-corrected chi connectivity index (χ4v) is 1.35. The molecule has 0 bridgehead atoms. The molecule has 0 spiro atoms. The first-order valence-electron chi connectivity index (χ1n) is 4.42. The van der Waals surface area contributed by atoms with Crippen molar-refractivity contribution < 1.29 is 14.3 Å². The molecule has 2 rings (SSSR count). The lowest BCUT2D eigenvalue weighted by Gasteiger charge is -2.18. The number of rotatable bonds is 2. The number of allylic oxidation sites excluding steroid dienone is 1. The fraction of sp³-hybridized carbons (Fsp3) is 0.400. The van der Waals surface area contributed by atoms with Crippen molar-refractivity contribution in [2.24, 2.45) is 0 Å². The number of hydrogen-bond acceptors (Lipinski definition) is 3. The molecule has 0 saturated heterocycles. The van der Waals surface area contributed by atoms with E-state index in [-0.39, 0.29) is 0 Å². The quantitative estimate of drug-likeness (QED) is 0.757. The summed E-state index contributed by atoms with van der Waals surface area (Å²) in [6.07, 6.45) is 4.70. The minimum Gasteiger partial charge on any atom is -0.495 e. The first-order chi connectivity index (χ1) is 6.38. The summed E-state index contributed by atoms with van der Waals surface area (Å²) in [5.74, 6) is 1.15. The Morgan fingerprint density at radius 3 is 3.00 bits per heavy atom. The average Bonchev–Trinajstić information content (AvgIpc) is 2.71. The van der Waals surface area contributed by atoms with Crippen molar-refractivity contribution >= 4 is 0 Å². The van der Waals surface area contributed by atoms with Gasteiger partial charge in [-0.2, -0.15) is 0 Å². The van der Waals surface area contributed by atoms with Gasteiger partial charge in [0.05, 0.1) is 12.9 Å². The molecule has 2 heterocycles. The standard InChI is InChI=1S/C10H12O3/c11-10(9-5-3-7-13-9)8-4-1-2-6-12-8/h3-5,7,10-11H,1-2,6H2. The van der Waals surface area contributed by atoms with Crippen molar-refractivity contribution in [3.05, 3.63) is 36.0 Å². The largest absolute Gasteiger partial charge is 0.495 e. The summed E-state index contributed by atoms with van der Waals surface area (Å²) in [7, 11) is 0. The predicted molar refractivity (Wildman–Crippen MR) is 46.9 cm³/mol. The van der Waals surface area contributed by atoms with E-state index in [1.54, 1.807) is 18.4 Å². The normalized spacial score (nSPS) is 19.0. The second kappa shape index (κ2) is 3.66. The van der Waals surface area contributed by atoms with Crippen LogP contribution in [0.1, 0.15) is 24.7 Å². The van der Waals surface area contributed by atoms with E-state index in [1.165, 1.54) is 0 Å². The van der Waals surface area contributed by atoms with Gasteiger partial charge in [0.15, 0.2) is 6.10 Å². The van der Waals surface area contributed by atoms with Gasteiger partial charge < -0.3 is 14.3 Å². The van der Waals surface area contributed by atoms with Crippen molar-refractivity contribution in [2.75, 3.05) is 6.61 Å². The van der Waals surface area contributed by atoms with E-state index < -0.39 is 6.10 Å². The van der Waals surface area contributed by atoms with E-state index in [1.807, 2.05) is 6.08 Å². The molecule has 13 heavy (non-hydrogen) atoms. The van der Waals surface area contributed by atoms with Crippen LogP contribution in [0.15, 0.2) is 34.6 Å². The molecule has 0 radical (unpaired) electrons. The van der Waals surface area contributed by atoms with Gasteiger partial charge in [-0.1, -0.05) is 0 Å². The van der Waals surface area contributed by atoms with Gasteiger partial charge in [0.2, 0.25) is 0 Å². The molecule has 0 fully saturated rings. The van der Waals surface area contributed by atoms with Gasteiger partial charge in [-0.25, -0.2) is 0 Å². The van der Waals surface area contributed by atoms with E-state index in [2.05, 4.69) is 0 Å². The second-order valence-corrected chi connectivity index (χ2v) is 3.02. The number of furan rings is 1. The van der Waals surface area contributed by atoms with Gasteiger partial charge in [0.25, 0.3) is 0 Å². The van der Waals surface area contributed by atoms with Gasteiger partial charge in [0.1, 0.15) is 11.5 Å². The van der Waals surface area contributed by atoms with Crippen molar-refractivity contribution in [1.29, 1.82) is 0 Å². The number of aliphatic hydroxyl groups excluding tert-OH is 1. The van der Waals surface area contributed by atoms with Crippen LogP contribution in [0.25, 0.3) is 0 Å². The summed E-state index contributed by atoms with van der Waals surface area (Å²) in [5, 5.41) is 9.75. The highest BCUT2D eigenvalue weighted by Crippen LogP contribution is 2.25. The highest BCUT2D eigenvalue weighted by molar-refractivity contribution is 5.14. The molecular formula is C10H12O3. The molecule has 1 aliphatic heterocycles. The Morgan fingerprint density at radius 2 is 2.38 bits per heavy atom. The lowest BCUT2D eigenvalue weighted by molar-refractivity contribution is 0.0788. The number of hydrogen-bond donors (Lipinski definition) is 1. The Bertz CT molecular complexity index is 287. The van der Waals surface area contributed by atoms with Crippen molar-refractivity contribution in [2.45, 2.75) is 18.9 Å². The topological polar surface area (TPSA) is 42.6 Å². The highest BCUT2D eigenvalue weighted by Gasteiger charge is 2.18. The Hall–Kier alpha value is -1.22. The van der Waals surface area contributed by atoms with Gasteiger partial charge in [0, 0.05) is 0 Å². The molecule has 3 heteroatoms. The minimum atomic E-state index is -0.740. The minimum absolute atomic E-state index is 0.535. The Labute approximate surface area is 76.6 Å². The molecule has 70 valence electrons. The van der Waals surface area contributed by atoms with Gasteiger partial charge in [-0.15, -0.1) is 0 Å². The van der Waals surface area contributed by atoms with Crippen LogP contribution in [0.2, 0.25) is 0 Å². The van der Waals surface area contributed by atoms with Crippen molar-refractivity contribution in [3.63, 3.8) is 0 Å². The van der Waals surface area contributed by atoms with Crippen LogP contribution in [0.3, 0.4) is 0 Å². The van der Waals surface area contributed by atoms with Crippen molar-refractivity contribution in [1.82, 2.24) is 0 Å². The van der Waals surface area contributed by atoms with Crippen molar-refractivity contribution in [3.8, 4) is 0 Å². The van der Waals surface area contributed by atoms with Gasteiger partial charge in [-0.3, -0.25) is 0 Å². The molecule has 1 N–H and O–H groups in total. The molecule has 0 amide bonds. The Balaban J connectivity index is 2.12. The zero-order valence-corrected chi connectivity index (χ0v) is 7.27. The van der Waals surface area contributed by atoms with Gasteiger partial charge in [-0.05, 0) is 31.1 Å². The third-order valence-electron chi connectivity index (χ3n) is 2.04. The summed E-state index contributed by atoms with van der Waals surface area (Å²) in [4.78, 5) is 0. The van der Waals surface area contributed by atoms with Crippen LogP contribution < -0.4 is 0 Å². The first-order valence-corrected chi connectivity index (χ1v) is 4.42. The third-order valence-corrected chi connectivity index (χ3v) is 2.04. The number of ether oxygens (including phenoxy) is 1. The zero-order chi connectivity index (χ0) is 9.10. The highest BCUT2D eigenvalue weighted by atomic mass is 16.5. The fourth-order valence-electron chi connectivity index (χ4n) is 1.35. The molecule has 3 nitrogen and oxygen atoms in total. The Morgan fingerprint density at radius 1 is 1.46 bits per heavy atom. The SMILES string of the molecule is OC(C1=CCCCO1)c1ccco1. The van der Waals surface area contributed by atoms with E-state index in [4.69, 9.17) is 9.15 Å². The third kappa shape index (κ3) is 1.75. The summed E-state index contributed by atoms with van der Waals surface area (Å²) in [5.41, 5.74) is 0. The smallest absolute Gasteiger partial charge is 0.168 e. The van der Waals surface area contributed by atoms with Crippen LogP contribution >= 0.6 is 0 Å². The summed E-state index contributed by atoms with van der Waals surface area (Å²) >= 11 is 0. The maximum absolute atomic E-state index is 9.75. The molecule has 1 aromatic heterocycles. The first kappa shape index (κ1) is 8.38.